The Bertz CT molecular complexity index is 364. The van der Waals surface area contributed by atoms with Gasteiger partial charge in [-0.3, -0.25) is 0 Å². The van der Waals surface area contributed by atoms with E-state index in [0.29, 0.717) is 0 Å². The van der Waals surface area contributed by atoms with Crippen LogP contribution in [-0.2, 0) is 6.54 Å². The van der Waals surface area contributed by atoms with E-state index in [1.807, 2.05) is 17.8 Å². The van der Waals surface area contributed by atoms with E-state index in [-0.39, 0.29) is 0 Å². The monoisotopic (exact) mass is 270 g/mol. The summed E-state index contributed by atoms with van der Waals surface area (Å²) in [5.74, 6) is 2.43. The van der Waals surface area contributed by atoms with Crippen LogP contribution in [0.4, 0.5) is 5.69 Å². The molecule has 0 bridgehead atoms. The quantitative estimate of drug-likeness (QED) is 0.906. The van der Waals surface area contributed by atoms with Crippen molar-refractivity contribution in [3.8, 4) is 0 Å². The zero-order chi connectivity index (χ0) is 12.1. The maximum Gasteiger partial charge on any atom is 0.0427 e. The van der Waals surface area contributed by atoms with Crippen molar-refractivity contribution in [1.29, 1.82) is 0 Å². The lowest BCUT2D eigenvalue weighted by Gasteiger charge is -2.30. The van der Waals surface area contributed by atoms with Crippen molar-refractivity contribution >= 4 is 29.1 Å². The molecular formula is C13H19ClN2S. The normalized spacial score (nSPS) is 16.2. The maximum atomic E-state index is 6.12. The highest BCUT2D eigenvalue weighted by molar-refractivity contribution is 7.99. The van der Waals surface area contributed by atoms with Crippen LogP contribution in [-0.4, -0.2) is 31.1 Å². The van der Waals surface area contributed by atoms with Gasteiger partial charge in [0.2, 0.25) is 0 Å². The van der Waals surface area contributed by atoms with E-state index in [4.69, 9.17) is 11.6 Å². The Morgan fingerprint density at radius 3 is 2.82 bits per heavy atom. The highest BCUT2D eigenvalue weighted by atomic mass is 35.5. The zero-order valence-corrected chi connectivity index (χ0v) is 11.8. The van der Waals surface area contributed by atoms with Crippen molar-refractivity contribution in [1.82, 2.24) is 5.32 Å². The van der Waals surface area contributed by atoms with Gasteiger partial charge in [-0.1, -0.05) is 24.6 Å². The fourth-order valence-corrected chi connectivity index (χ4v) is 3.11. The van der Waals surface area contributed by atoms with E-state index in [2.05, 4.69) is 29.3 Å². The first kappa shape index (κ1) is 13.1. The second-order valence-electron chi connectivity index (χ2n) is 4.15. The van der Waals surface area contributed by atoms with Crippen LogP contribution < -0.4 is 10.2 Å². The third-order valence-electron chi connectivity index (χ3n) is 2.96. The molecule has 1 aliphatic heterocycles. The Kier molecular flexibility index (Phi) is 5.01. The van der Waals surface area contributed by atoms with Crippen LogP contribution in [0.1, 0.15) is 12.5 Å². The Morgan fingerprint density at radius 2 is 2.12 bits per heavy atom. The van der Waals surface area contributed by atoms with E-state index in [9.17, 15) is 0 Å². The summed E-state index contributed by atoms with van der Waals surface area (Å²) >= 11 is 8.15. The molecule has 0 spiro atoms. The number of nitrogens with zero attached hydrogens (tertiary/aromatic N) is 1. The van der Waals surface area contributed by atoms with Gasteiger partial charge >= 0.3 is 0 Å². The molecule has 94 valence electrons. The third-order valence-corrected chi connectivity index (χ3v) is 4.14. The number of rotatable bonds is 4. The lowest BCUT2D eigenvalue weighted by atomic mass is 10.1. The smallest absolute Gasteiger partial charge is 0.0427 e. The first-order valence-electron chi connectivity index (χ1n) is 6.13. The van der Waals surface area contributed by atoms with Gasteiger partial charge in [-0.15, -0.1) is 0 Å². The number of thioether (sulfide) groups is 1. The van der Waals surface area contributed by atoms with Gasteiger partial charge in [0.25, 0.3) is 0 Å². The molecule has 2 rings (SSSR count). The van der Waals surface area contributed by atoms with Gasteiger partial charge in [0.15, 0.2) is 0 Å². The van der Waals surface area contributed by atoms with Crippen molar-refractivity contribution in [3.63, 3.8) is 0 Å². The largest absolute Gasteiger partial charge is 0.370 e. The summed E-state index contributed by atoms with van der Waals surface area (Å²) in [5, 5.41) is 4.22. The molecule has 0 atom stereocenters. The van der Waals surface area contributed by atoms with Gasteiger partial charge in [0, 0.05) is 41.8 Å². The summed E-state index contributed by atoms with van der Waals surface area (Å²) in [6.45, 7) is 6.31. The molecule has 0 amide bonds. The van der Waals surface area contributed by atoms with Crippen molar-refractivity contribution in [3.05, 3.63) is 28.8 Å². The summed E-state index contributed by atoms with van der Waals surface area (Å²) in [4.78, 5) is 2.45. The van der Waals surface area contributed by atoms with Crippen LogP contribution in [0, 0.1) is 0 Å². The number of anilines is 1. The van der Waals surface area contributed by atoms with E-state index in [1.54, 1.807) is 0 Å². The van der Waals surface area contributed by atoms with Crippen LogP contribution >= 0.6 is 23.4 Å². The topological polar surface area (TPSA) is 15.3 Å². The number of hydrogen-bond acceptors (Lipinski definition) is 3. The number of benzene rings is 1. The third kappa shape index (κ3) is 3.54. The number of halogens is 1. The molecule has 1 heterocycles. The second kappa shape index (κ2) is 6.53. The van der Waals surface area contributed by atoms with Gasteiger partial charge in [-0.05, 0) is 24.2 Å². The molecule has 0 radical (unpaired) electrons. The fourth-order valence-electron chi connectivity index (χ4n) is 2.04. The molecule has 1 aromatic rings. The van der Waals surface area contributed by atoms with Crippen LogP contribution in [0.3, 0.4) is 0 Å². The molecule has 4 heteroatoms. The SMILES string of the molecule is CCNCc1ccc(Cl)cc1N1CCSCC1. The molecule has 0 unspecified atom stereocenters. The van der Waals surface area contributed by atoms with Gasteiger partial charge in [0.05, 0.1) is 0 Å². The molecule has 1 aliphatic rings. The van der Waals surface area contributed by atoms with Crippen LogP contribution in [0.25, 0.3) is 0 Å². The first-order valence-corrected chi connectivity index (χ1v) is 7.66. The van der Waals surface area contributed by atoms with Gasteiger partial charge in [-0.25, -0.2) is 0 Å². The van der Waals surface area contributed by atoms with Crippen molar-refractivity contribution in [2.45, 2.75) is 13.5 Å². The minimum absolute atomic E-state index is 0.832. The second-order valence-corrected chi connectivity index (χ2v) is 5.81. The Hall–Kier alpha value is -0.380. The average Bonchev–Trinajstić information content (AvgIpc) is 2.38. The van der Waals surface area contributed by atoms with Gasteiger partial charge in [-0.2, -0.15) is 11.8 Å². The van der Waals surface area contributed by atoms with E-state index >= 15 is 0 Å². The number of hydrogen-bond donors (Lipinski definition) is 1. The predicted molar refractivity (Wildman–Crippen MR) is 78.4 cm³/mol. The van der Waals surface area contributed by atoms with Gasteiger partial charge < -0.3 is 10.2 Å². The lowest BCUT2D eigenvalue weighted by Crippen LogP contribution is -2.33. The van der Waals surface area contributed by atoms with E-state index in [1.165, 1.54) is 22.8 Å². The average molecular weight is 271 g/mol. The van der Waals surface area contributed by atoms with Crippen molar-refractivity contribution in [2.24, 2.45) is 0 Å². The van der Waals surface area contributed by atoms with E-state index in [0.717, 1.165) is 31.2 Å². The lowest BCUT2D eigenvalue weighted by molar-refractivity contribution is 0.721. The number of nitrogens with one attached hydrogen (secondary N) is 1. The molecule has 0 aliphatic carbocycles. The Morgan fingerprint density at radius 1 is 1.35 bits per heavy atom. The molecule has 1 saturated heterocycles. The highest BCUT2D eigenvalue weighted by Crippen LogP contribution is 2.27. The molecule has 0 saturated carbocycles. The molecule has 1 aromatic carbocycles. The molecule has 2 nitrogen and oxygen atoms in total. The van der Waals surface area contributed by atoms with Crippen molar-refractivity contribution < 1.29 is 0 Å². The Balaban J connectivity index is 2.19. The molecular weight excluding hydrogens is 252 g/mol. The zero-order valence-electron chi connectivity index (χ0n) is 10.2. The first-order chi connectivity index (χ1) is 8.31. The summed E-state index contributed by atoms with van der Waals surface area (Å²) < 4.78 is 0. The molecule has 17 heavy (non-hydrogen) atoms. The van der Waals surface area contributed by atoms with Crippen LogP contribution in [0.2, 0.25) is 5.02 Å². The molecule has 0 aromatic heterocycles. The molecule has 1 N–H and O–H groups in total. The van der Waals surface area contributed by atoms with Crippen LogP contribution in [0.5, 0.6) is 0 Å². The summed E-state index contributed by atoms with van der Waals surface area (Å²) in [7, 11) is 0. The minimum Gasteiger partial charge on any atom is -0.370 e. The highest BCUT2D eigenvalue weighted by Gasteiger charge is 2.14. The maximum absolute atomic E-state index is 6.12. The van der Waals surface area contributed by atoms with Gasteiger partial charge in [0.1, 0.15) is 0 Å². The Labute approximate surface area is 113 Å². The molecule has 1 fully saturated rings. The standard InChI is InChI=1S/C13H19ClN2S/c1-2-15-10-11-3-4-12(14)9-13(11)16-5-7-17-8-6-16/h3-4,9,15H,2,5-8,10H2,1H3. The minimum atomic E-state index is 0.832. The summed E-state index contributed by atoms with van der Waals surface area (Å²) in [6.07, 6.45) is 0. The summed E-state index contributed by atoms with van der Waals surface area (Å²) in [5.41, 5.74) is 2.65. The predicted octanol–water partition coefficient (Wildman–Crippen LogP) is 3.00. The van der Waals surface area contributed by atoms with E-state index < -0.39 is 0 Å². The fraction of sp³-hybridized carbons (Fsp3) is 0.538. The van der Waals surface area contributed by atoms with Crippen molar-refractivity contribution in [2.75, 3.05) is 36.0 Å². The summed E-state index contributed by atoms with van der Waals surface area (Å²) in [6, 6.07) is 6.22. The van der Waals surface area contributed by atoms with Crippen LogP contribution in [0.15, 0.2) is 18.2 Å².